The topological polar surface area (TPSA) is 69.7 Å². The van der Waals surface area contributed by atoms with Crippen LogP contribution in [0.15, 0.2) is 42.5 Å². The molecular formula is C20H17Cl2N3O3. The molecule has 1 N–H and O–H groups in total. The SMILES string of the molecule is O=C(CN1C(=O)C2CCCN2C(=O)c2ccccc21)Nc1ccc(Cl)c(Cl)c1. The zero-order valence-corrected chi connectivity index (χ0v) is 16.3. The van der Waals surface area contributed by atoms with Crippen molar-refractivity contribution in [1.82, 2.24) is 4.90 Å². The number of halogens is 2. The molecule has 0 aromatic heterocycles. The Morgan fingerprint density at radius 1 is 1.11 bits per heavy atom. The Labute approximate surface area is 172 Å². The van der Waals surface area contributed by atoms with Gasteiger partial charge in [0.2, 0.25) is 11.8 Å². The normalized spacial score (nSPS) is 18.6. The van der Waals surface area contributed by atoms with Gasteiger partial charge in [-0.2, -0.15) is 0 Å². The van der Waals surface area contributed by atoms with E-state index in [9.17, 15) is 14.4 Å². The second-order valence-corrected chi connectivity index (χ2v) is 7.59. The summed E-state index contributed by atoms with van der Waals surface area (Å²) in [5.74, 6) is -0.792. The molecule has 0 spiro atoms. The van der Waals surface area contributed by atoms with Gasteiger partial charge in [-0.1, -0.05) is 35.3 Å². The number of hydrogen-bond donors (Lipinski definition) is 1. The fourth-order valence-electron chi connectivity index (χ4n) is 3.69. The number of benzene rings is 2. The smallest absolute Gasteiger partial charge is 0.256 e. The first-order valence-corrected chi connectivity index (χ1v) is 9.67. The second kappa shape index (κ2) is 7.45. The van der Waals surface area contributed by atoms with Gasteiger partial charge >= 0.3 is 0 Å². The number of para-hydroxylation sites is 1. The molecule has 3 amide bonds. The van der Waals surface area contributed by atoms with E-state index in [2.05, 4.69) is 5.32 Å². The molecule has 0 saturated carbocycles. The first-order valence-electron chi connectivity index (χ1n) is 8.92. The van der Waals surface area contributed by atoms with Gasteiger partial charge in [-0.3, -0.25) is 14.4 Å². The Balaban J connectivity index is 1.62. The van der Waals surface area contributed by atoms with Crippen LogP contribution in [0.5, 0.6) is 0 Å². The van der Waals surface area contributed by atoms with Gasteiger partial charge < -0.3 is 15.1 Å². The van der Waals surface area contributed by atoms with Crippen LogP contribution in [0.3, 0.4) is 0 Å². The van der Waals surface area contributed by atoms with Crippen LogP contribution in [0, 0.1) is 0 Å². The highest BCUT2D eigenvalue weighted by Crippen LogP contribution is 2.32. The fourth-order valence-corrected chi connectivity index (χ4v) is 3.99. The Kier molecular flexibility index (Phi) is 5.00. The number of nitrogens with one attached hydrogen (secondary N) is 1. The third-order valence-corrected chi connectivity index (χ3v) is 5.73. The Morgan fingerprint density at radius 2 is 1.89 bits per heavy atom. The van der Waals surface area contributed by atoms with E-state index in [0.717, 1.165) is 6.42 Å². The van der Waals surface area contributed by atoms with E-state index in [1.165, 1.54) is 4.90 Å². The van der Waals surface area contributed by atoms with E-state index in [4.69, 9.17) is 23.2 Å². The van der Waals surface area contributed by atoms with Crippen molar-refractivity contribution in [2.75, 3.05) is 23.3 Å². The van der Waals surface area contributed by atoms with Crippen molar-refractivity contribution in [3.05, 3.63) is 58.1 Å². The summed E-state index contributed by atoms with van der Waals surface area (Å²) >= 11 is 11.9. The average molecular weight is 418 g/mol. The van der Waals surface area contributed by atoms with E-state index in [-0.39, 0.29) is 24.3 Å². The lowest BCUT2D eigenvalue weighted by molar-refractivity contribution is -0.124. The third kappa shape index (κ3) is 3.34. The minimum Gasteiger partial charge on any atom is -0.327 e. The average Bonchev–Trinajstić information content (AvgIpc) is 3.15. The summed E-state index contributed by atoms with van der Waals surface area (Å²) in [5, 5.41) is 3.43. The summed E-state index contributed by atoms with van der Waals surface area (Å²) in [6, 6.07) is 11.1. The first kappa shape index (κ1) is 18.8. The zero-order chi connectivity index (χ0) is 19.8. The van der Waals surface area contributed by atoms with Crippen molar-refractivity contribution in [3.63, 3.8) is 0 Å². The lowest BCUT2D eigenvalue weighted by atomic mass is 10.1. The van der Waals surface area contributed by atoms with Crippen LogP contribution in [0.2, 0.25) is 10.0 Å². The van der Waals surface area contributed by atoms with Crippen molar-refractivity contribution >= 4 is 52.3 Å². The summed E-state index contributed by atoms with van der Waals surface area (Å²) in [5.41, 5.74) is 1.37. The van der Waals surface area contributed by atoms with Gasteiger partial charge in [-0.05, 0) is 43.2 Å². The number of nitrogens with zero attached hydrogens (tertiary/aromatic N) is 2. The summed E-state index contributed by atoms with van der Waals surface area (Å²) in [6.07, 6.45) is 1.37. The molecule has 2 aliphatic heterocycles. The van der Waals surface area contributed by atoms with Crippen molar-refractivity contribution < 1.29 is 14.4 Å². The number of hydrogen-bond acceptors (Lipinski definition) is 3. The van der Waals surface area contributed by atoms with E-state index >= 15 is 0 Å². The van der Waals surface area contributed by atoms with Crippen molar-refractivity contribution in [3.8, 4) is 0 Å². The molecule has 1 unspecified atom stereocenters. The maximum Gasteiger partial charge on any atom is 0.256 e. The Morgan fingerprint density at radius 3 is 2.68 bits per heavy atom. The predicted octanol–water partition coefficient (Wildman–Crippen LogP) is 3.58. The van der Waals surface area contributed by atoms with Crippen LogP contribution >= 0.6 is 23.2 Å². The van der Waals surface area contributed by atoms with E-state index in [0.29, 0.717) is 39.9 Å². The van der Waals surface area contributed by atoms with Gasteiger partial charge in [0.15, 0.2) is 0 Å². The molecule has 28 heavy (non-hydrogen) atoms. The monoisotopic (exact) mass is 417 g/mol. The highest BCUT2D eigenvalue weighted by atomic mass is 35.5. The largest absolute Gasteiger partial charge is 0.327 e. The molecule has 1 atom stereocenters. The number of carbonyl (C=O) groups excluding carboxylic acids is 3. The minimum atomic E-state index is -0.530. The van der Waals surface area contributed by atoms with Crippen LogP contribution in [-0.4, -0.2) is 41.8 Å². The first-order chi connectivity index (χ1) is 13.5. The maximum absolute atomic E-state index is 13.1. The van der Waals surface area contributed by atoms with E-state index < -0.39 is 6.04 Å². The van der Waals surface area contributed by atoms with Gasteiger partial charge in [0.05, 0.1) is 21.3 Å². The molecule has 2 aliphatic rings. The lowest BCUT2D eigenvalue weighted by Gasteiger charge is -2.25. The number of amides is 3. The fraction of sp³-hybridized carbons (Fsp3) is 0.250. The van der Waals surface area contributed by atoms with Crippen molar-refractivity contribution in [1.29, 1.82) is 0 Å². The molecule has 1 fully saturated rings. The van der Waals surface area contributed by atoms with Gasteiger partial charge in [-0.25, -0.2) is 0 Å². The molecule has 0 aliphatic carbocycles. The van der Waals surface area contributed by atoms with Crippen LogP contribution in [0.25, 0.3) is 0 Å². The molecule has 0 bridgehead atoms. The van der Waals surface area contributed by atoms with Gasteiger partial charge in [0, 0.05) is 12.2 Å². The molecule has 0 radical (unpaired) electrons. The van der Waals surface area contributed by atoms with Crippen LogP contribution in [0.4, 0.5) is 11.4 Å². The molecule has 6 nitrogen and oxygen atoms in total. The second-order valence-electron chi connectivity index (χ2n) is 6.78. The van der Waals surface area contributed by atoms with Crippen LogP contribution < -0.4 is 10.2 Å². The molecule has 2 aromatic carbocycles. The number of fused-ring (bicyclic) bond motifs is 2. The molecule has 4 rings (SSSR count). The van der Waals surface area contributed by atoms with E-state index in [1.807, 2.05) is 0 Å². The lowest BCUT2D eigenvalue weighted by Crippen LogP contribution is -2.47. The highest BCUT2D eigenvalue weighted by molar-refractivity contribution is 6.42. The number of rotatable bonds is 3. The summed E-state index contributed by atoms with van der Waals surface area (Å²) in [7, 11) is 0. The highest BCUT2D eigenvalue weighted by Gasteiger charge is 2.42. The molecule has 8 heteroatoms. The molecule has 1 saturated heterocycles. The van der Waals surface area contributed by atoms with Gasteiger partial charge in [0.1, 0.15) is 12.6 Å². The molecular weight excluding hydrogens is 401 g/mol. The minimum absolute atomic E-state index is 0.168. The molecule has 2 aromatic rings. The van der Waals surface area contributed by atoms with Crippen LogP contribution in [0.1, 0.15) is 23.2 Å². The number of carbonyl (C=O) groups is 3. The number of anilines is 2. The molecule has 2 heterocycles. The van der Waals surface area contributed by atoms with Crippen LogP contribution in [-0.2, 0) is 9.59 Å². The quantitative estimate of drug-likeness (QED) is 0.829. The summed E-state index contributed by atoms with van der Waals surface area (Å²) in [6.45, 7) is 0.348. The Hall–Kier alpha value is -2.57. The maximum atomic E-state index is 13.1. The van der Waals surface area contributed by atoms with Crippen molar-refractivity contribution in [2.24, 2.45) is 0 Å². The summed E-state index contributed by atoms with van der Waals surface area (Å²) < 4.78 is 0. The molecule has 144 valence electrons. The van der Waals surface area contributed by atoms with Crippen molar-refractivity contribution in [2.45, 2.75) is 18.9 Å². The standard InChI is InChI=1S/C20H17Cl2N3O3/c21-14-8-7-12(10-15(14)22)23-18(26)11-25-16-5-2-1-4-13(16)19(27)24-9-3-6-17(24)20(25)28/h1-2,4-5,7-8,10,17H,3,6,9,11H2,(H,23,26). The predicted molar refractivity (Wildman–Crippen MR) is 108 cm³/mol. The zero-order valence-electron chi connectivity index (χ0n) is 14.8. The van der Waals surface area contributed by atoms with Gasteiger partial charge in [0.25, 0.3) is 5.91 Å². The van der Waals surface area contributed by atoms with E-state index in [1.54, 1.807) is 47.4 Å². The summed E-state index contributed by atoms with van der Waals surface area (Å²) in [4.78, 5) is 41.7. The van der Waals surface area contributed by atoms with Gasteiger partial charge in [-0.15, -0.1) is 0 Å². The Bertz CT molecular complexity index is 979. The third-order valence-electron chi connectivity index (χ3n) is 5.00.